The molecule has 1 aliphatic rings. The van der Waals surface area contributed by atoms with Crippen molar-refractivity contribution < 1.29 is 4.74 Å². The van der Waals surface area contributed by atoms with E-state index in [4.69, 9.17) is 4.74 Å². The fourth-order valence-electron chi connectivity index (χ4n) is 1.07. The summed E-state index contributed by atoms with van der Waals surface area (Å²) in [4.78, 5) is 0. The van der Waals surface area contributed by atoms with E-state index in [0.29, 0.717) is 6.61 Å². The first-order valence-electron chi connectivity index (χ1n) is 3.89. The minimum atomic E-state index is 0.0175. The number of nitrogens with one attached hydrogen (secondary N) is 1. The minimum absolute atomic E-state index is 0.0175. The number of hydrogen-bond acceptors (Lipinski definition) is 5. The summed E-state index contributed by atoms with van der Waals surface area (Å²) in [6, 6.07) is 0. The highest BCUT2D eigenvalue weighted by Gasteiger charge is 2.32. The van der Waals surface area contributed by atoms with E-state index in [1.165, 1.54) is 11.5 Å². The monoisotopic (exact) mass is 185 g/mol. The smallest absolute Gasteiger partial charge is 0.101 e. The van der Waals surface area contributed by atoms with E-state index in [-0.39, 0.29) is 5.60 Å². The highest BCUT2D eigenvalue weighted by atomic mass is 32.1. The molecule has 0 aliphatic carbocycles. The molecule has 1 saturated heterocycles. The first-order valence-corrected chi connectivity index (χ1v) is 4.73. The fraction of sp³-hybridized carbons (Fsp3) is 0.714. The molecule has 4 nitrogen and oxygen atoms in total. The maximum atomic E-state index is 5.65. The zero-order chi connectivity index (χ0) is 8.44. The van der Waals surface area contributed by atoms with Gasteiger partial charge in [0.05, 0.1) is 12.2 Å². The number of aromatic nitrogens is 2. The third-order valence-electron chi connectivity index (χ3n) is 1.97. The fourth-order valence-corrected chi connectivity index (χ4v) is 1.51. The SMILES string of the molecule is CC1(OCc2csnn2)CNC1. The topological polar surface area (TPSA) is 47.0 Å². The Bertz CT molecular complexity index is 245. The predicted molar refractivity (Wildman–Crippen MR) is 46.0 cm³/mol. The molecular formula is C7H11N3OS. The molecule has 0 saturated carbocycles. The minimum Gasteiger partial charge on any atom is -0.366 e. The third kappa shape index (κ3) is 1.63. The van der Waals surface area contributed by atoms with E-state index in [1.54, 1.807) is 0 Å². The van der Waals surface area contributed by atoms with Crippen LogP contribution in [0.2, 0.25) is 0 Å². The number of rotatable bonds is 3. The summed E-state index contributed by atoms with van der Waals surface area (Å²) in [6.07, 6.45) is 0. The van der Waals surface area contributed by atoms with Gasteiger partial charge in [-0.25, -0.2) is 0 Å². The molecule has 1 aromatic heterocycles. The van der Waals surface area contributed by atoms with Crippen molar-refractivity contribution in [3.05, 3.63) is 11.1 Å². The van der Waals surface area contributed by atoms with Crippen LogP contribution in [-0.2, 0) is 11.3 Å². The molecule has 1 aromatic rings. The second-order valence-corrected chi connectivity index (χ2v) is 3.85. The molecule has 0 amide bonds. The van der Waals surface area contributed by atoms with Crippen molar-refractivity contribution in [2.45, 2.75) is 19.1 Å². The second kappa shape index (κ2) is 3.08. The molecule has 1 fully saturated rings. The molecule has 2 heterocycles. The van der Waals surface area contributed by atoms with Gasteiger partial charge in [-0.05, 0) is 18.5 Å². The standard InChI is InChI=1S/C7H11N3OS/c1-7(4-8-5-7)11-2-6-3-12-10-9-6/h3,8H,2,4-5H2,1H3. The highest BCUT2D eigenvalue weighted by Crippen LogP contribution is 2.17. The molecule has 1 N–H and O–H groups in total. The number of ether oxygens (including phenoxy) is 1. The quantitative estimate of drug-likeness (QED) is 0.741. The molecule has 12 heavy (non-hydrogen) atoms. The zero-order valence-corrected chi connectivity index (χ0v) is 7.73. The van der Waals surface area contributed by atoms with Crippen LogP contribution in [-0.4, -0.2) is 28.3 Å². The van der Waals surface area contributed by atoms with E-state index >= 15 is 0 Å². The lowest BCUT2D eigenvalue weighted by Gasteiger charge is -2.38. The molecule has 0 atom stereocenters. The van der Waals surface area contributed by atoms with Gasteiger partial charge in [0.25, 0.3) is 0 Å². The summed E-state index contributed by atoms with van der Waals surface area (Å²) in [5.41, 5.74) is 0.942. The molecule has 0 spiro atoms. The summed E-state index contributed by atoms with van der Waals surface area (Å²) in [6.45, 7) is 4.55. The third-order valence-corrected chi connectivity index (χ3v) is 2.52. The summed E-state index contributed by atoms with van der Waals surface area (Å²) in [5.74, 6) is 0. The van der Waals surface area contributed by atoms with Crippen LogP contribution < -0.4 is 5.32 Å². The maximum Gasteiger partial charge on any atom is 0.101 e. The van der Waals surface area contributed by atoms with Gasteiger partial charge in [-0.15, -0.1) is 5.10 Å². The summed E-state index contributed by atoms with van der Waals surface area (Å²) in [7, 11) is 0. The Morgan fingerprint density at radius 1 is 1.75 bits per heavy atom. The summed E-state index contributed by atoms with van der Waals surface area (Å²) < 4.78 is 9.41. The Morgan fingerprint density at radius 3 is 3.08 bits per heavy atom. The van der Waals surface area contributed by atoms with Crippen LogP contribution in [0.15, 0.2) is 5.38 Å². The van der Waals surface area contributed by atoms with Gasteiger partial charge in [0.2, 0.25) is 0 Å². The van der Waals surface area contributed by atoms with Crippen molar-refractivity contribution in [1.29, 1.82) is 0 Å². The first kappa shape index (κ1) is 8.10. The van der Waals surface area contributed by atoms with Crippen molar-refractivity contribution in [1.82, 2.24) is 14.9 Å². The highest BCUT2D eigenvalue weighted by molar-refractivity contribution is 7.03. The van der Waals surface area contributed by atoms with Crippen LogP contribution >= 0.6 is 11.5 Å². The Labute approximate surface area is 75.1 Å². The van der Waals surface area contributed by atoms with Gasteiger partial charge in [0, 0.05) is 18.5 Å². The lowest BCUT2D eigenvalue weighted by Crippen LogP contribution is -2.58. The molecule has 0 bridgehead atoms. The van der Waals surface area contributed by atoms with Crippen molar-refractivity contribution in [3.63, 3.8) is 0 Å². The van der Waals surface area contributed by atoms with Crippen LogP contribution in [0.25, 0.3) is 0 Å². The second-order valence-electron chi connectivity index (χ2n) is 3.24. The molecule has 0 radical (unpaired) electrons. The lowest BCUT2D eigenvalue weighted by atomic mass is 10.0. The van der Waals surface area contributed by atoms with Crippen LogP contribution in [0.3, 0.4) is 0 Å². The van der Waals surface area contributed by atoms with E-state index in [1.807, 2.05) is 5.38 Å². The normalized spacial score (nSPS) is 20.4. The molecule has 1 aliphatic heterocycles. The van der Waals surface area contributed by atoms with Crippen molar-refractivity contribution in [3.8, 4) is 0 Å². The van der Waals surface area contributed by atoms with Gasteiger partial charge in [0.15, 0.2) is 0 Å². The molecule has 0 unspecified atom stereocenters. The number of nitrogens with zero attached hydrogens (tertiary/aromatic N) is 2. The average molecular weight is 185 g/mol. The number of hydrogen-bond donors (Lipinski definition) is 1. The predicted octanol–water partition coefficient (Wildman–Crippen LogP) is 0.417. The molecular weight excluding hydrogens is 174 g/mol. The zero-order valence-electron chi connectivity index (χ0n) is 6.91. The Morgan fingerprint density at radius 2 is 2.58 bits per heavy atom. The van der Waals surface area contributed by atoms with E-state index in [0.717, 1.165) is 18.8 Å². The van der Waals surface area contributed by atoms with Crippen LogP contribution in [0.1, 0.15) is 12.6 Å². The van der Waals surface area contributed by atoms with Crippen LogP contribution in [0.5, 0.6) is 0 Å². The summed E-state index contributed by atoms with van der Waals surface area (Å²) >= 11 is 1.36. The van der Waals surface area contributed by atoms with Gasteiger partial charge in [0.1, 0.15) is 5.69 Å². The van der Waals surface area contributed by atoms with Gasteiger partial charge in [-0.1, -0.05) is 4.49 Å². The largest absolute Gasteiger partial charge is 0.366 e. The van der Waals surface area contributed by atoms with Gasteiger partial charge in [-0.3, -0.25) is 0 Å². The van der Waals surface area contributed by atoms with Gasteiger partial charge in [-0.2, -0.15) is 0 Å². The van der Waals surface area contributed by atoms with E-state index in [9.17, 15) is 0 Å². The van der Waals surface area contributed by atoms with Gasteiger partial charge < -0.3 is 10.1 Å². The molecule has 0 aromatic carbocycles. The molecule has 5 heteroatoms. The Kier molecular flexibility index (Phi) is 2.08. The first-order chi connectivity index (χ1) is 5.79. The van der Waals surface area contributed by atoms with E-state index < -0.39 is 0 Å². The average Bonchev–Trinajstić information content (AvgIpc) is 2.49. The van der Waals surface area contributed by atoms with E-state index in [2.05, 4.69) is 21.8 Å². The Hall–Kier alpha value is -0.520. The van der Waals surface area contributed by atoms with Crippen LogP contribution in [0.4, 0.5) is 0 Å². The van der Waals surface area contributed by atoms with Crippen molar-refractivity contribution >= 4 is 11.5 Å². The maximum absolute atomic E-state index is 5.65. The Balaban J connectivity index is 1.82. The lowest BCUT2D eigenvalue weighted by molar-refractivity contribution is -0.0778. The van der Waals surface area contributed by atoms with Gasteiger partial charge >= 0.3 is 0 Å². The molecule has 2 rings (SSSR count). The van der Waals surface area contributed by atoms with Crippen molar-refractivity contribution in [2.75, 3.05) is 13.1 Å². The molecule has 66 valence electrons. The van der Waals surface area contributed by atoms with Crippen LogP contribution in [0, 0.1) is 0 Å². The van der Waals surface area contributed by atoms with Crippen molar-refractivity contribution in [2.24, 2.45) is 0 Å². The summed E-state index contributed by atoms with van der Waals surface area (Å²) in [5, 5.41) is 8.99.